The molecule has 17 nitrogen and oxygen atoms in total. The van der Waals surface area contributed by atoms with Crippen molar-refractivity contribution in [3.05, 3.63) is 0 Å². The Balaban J connectivity index is 5.22. The number of rotatable bonds is 85. The number of hydrogen-bond donors (Lipinski definition) is 3. The van der Waals surface area contributed by atoms with Gasteiger partial charge in [-0.05, 0) is 37.5 Å². The van der Waals surface area contributed by atoms with Crippen LogP contribution in [0.2, 0.25) is 0 Å². The van der Waals surface area contributed by atoms with Gasteiger partial charge in [-0.15, -0.1) is 0 Å². The zero-order valence-electron chi connectivity index (χ0n) is 69.0. The van der Waals surface area contributed by atoms with Crippen molar-refractivity contribution in [1.29, 1.82) is 0 Å². The van der Waals surface area contributed by atoms with Gasteiger partial charge in [-0.1, -0.05) is 408 Å². The zero-order valence-corrected chi connectivity index (χ0v) is 70.8. The van der Waals surface area contributed by atoms with Crippen LogP contribution < -0.4 is 0 Å². The number of hydrogen-bond acceptors (Lipinski definition) is 15. The molecule has 0 aliphatic carbocycles. The van der Waals surface area contributed by atoms with E-state index in [-0.39, 0.29) is 25.7 Å². The van der Waals surface area contributed by atoms with Crippen LogP contribution in [0.15, 0.2) is 0 Å². The fourth-order valence-corrected chi connectivity index (χ4v) is 15.0. The molecule has 3 N–H and O–H groups in total. The molecule has 0 fully saturated rings. The number of phosphoric acid groups is 2. The molecule has 2 unspecified atom stereocenters. The van der Waals surface area contributed by atoms with Crippen molar-refractivity contribution in [2.75, 3.05) is 39.6 Å². The van der Waals surface area contributed by atoms with Gasteiger partial charge in [0.2, 0.25) is 0 Å². The second-order valence-electron chi connectivity index (χ2n) is 31.9. The lowest BCUT2D eigenvalue weighted by atomic mass is 10.0. The zero-order chi connectivity index (χ0) is 77.1. The second-order valence-corrected chi connectivity index (χ2v) is 34.8. The van der Waals surface area contributed by atoms with E-state index in [1.807, 2.05) is 0 Å². The average Bonchev–Trinajstić information content (AvgIpc) is 0.906. The highest BCUT2D eigenvalue weighted by atomic mass is 31.2. The molecule has 19 heteroatoms. The Bertz CT molecular complexity index is 2010. The first-order valence-corrected chi connectivity index (χ1v) is 47.5. The predicted octanol–water partition coefficient (Wildman–Crippen LogP) is 26.2. The minimum atomic E-state index is -4.97. The minimum absolute atomic E-state index is 0.107. The van der Waals surface area contributed by atoms with E-state index in [9.17, 15) is 43.2 Å². The first kappa shape index (κ1) is 103. The molecule has 624 valence electrons. The third-order valence-electron chi connectivity index (χ3n) is 20.2. The molecule has 0 aromatic heterocycles. The van der Waals surface area contributed by atoms with E-state index in [4.69, 9.17) is 37.0 Å². The average molecular weight is 1540 g/mol. The van der Waals surface area contributed by atoms with Gasteiger partial charge in [0.25, 0.3) is 0 Å². The summed E-state index contributed by atoms with van der Waals surface area (Å²) in [5.41, 5.74) is 0. The van der Waals surface area contributed by atoms with Gasteiger partial charge in [-0.25, -0.2) is 9.13 Å². The third-order valence-corrected chi connectivity index (χ3v) is 22.1. The fourth-order valence-electron chi connectivity index (χ4n) is 13.4. The van der Waals surface area contributed by atoms with E-state index >= 15 is 0 Å². The Morgan fingerprint density at radius 2 is 0.438 bits per heavy atom. The summed E-state index contributed by atoms with van der Waals surface area (Å²) in [5, 5.41) is 10.7. The number of phosphoric ester groups is 2. The van der Waals surface area contributed by atoms with Gasteiger partial charge in [-0.2, -0.15) is 0 Å². The first-order chi connectivity index (χ1) is 50.9. The van der Waals surface area contributed by atoms with E-state index in [0.29, 0.717) is 31.6 Å². The molecule has 0 amide bonds. The van der Waals surface area contributed by atoms with Crippen LogP contribution in [0.1, 0.15) is 459 Å². The van der Waals surface area contributed by atoms with Crippen molar-refractivity contribution in [1.82, 2.24) is 0 Å². The highest BCUT2D eigenvalue weighted by Gasteiger charge is 2.30. The van der Waals surface area contributed by atoms with E-state index in [1.165, 1.54) is 270 Å². The van der Waals surface area contributed by atoms with Gasteiger partial charge in [0.15, 0.2) is 12.2 Å². The van der Waals surface area contributed by atoms with Crippen molar-refractivity contribution in [3.63, 3.8) is 0 Å². The SMILES string of the molecule is CCCCCCCCCCCCCCCCCCCCCCCCC(=O)O[C@H](COC(=O)CCCCCCCCCCCCCCCCCCC)COP(=O)(O)OC[C@@H](O)COP(=O)(O)OC[C@@H](COC(=O)CCCCCCCCCC(C)C)OC(=O)CCCCCCCCCCCCCCCC(C)C. The first-order valence-electron chi connectivity index (χ1n) is 44.5. The van der Waals surface area contributed by atoms with Crippen molar-refractivity contribution in [2.45, 2.75) is 477 Å². The van der Waals surface area contributed by atoms with Crippen LogP contribution in [-0.2, 0) is 65.4 Å². The van der Waals surface area contributed by atoms with Gasteiger partial charge in [0.05, 0.1) is 26.4 Å². The van der Waals surface area contributed by atoms with Gasteiger partial charge >= 0.3 is 39.5 Å². The lowest BCUT2D eigenvalue weighted by Crippen LogP contribution is -2.30. The minimum Gasteiger partial charge on any atom is -0.462 e. The molecule has 0 aliphatic heterocycles. The predicted molar refractivity (Wildman–Crippen MR) is 432 cm³/mol. The summed E-state index contributed by atoms with van der Waals surface area (Å²) in [6.45, 7) is 9.63. The fraction of sp³-hybridized carbons (Fsp3) is 0.953. The van der Waals surface area contributed by atoms with Crippen molar-refractivity contribution >= 4 is 39.5 Å². The molecule has 0 bridgehead atoms. The van der Waals surface area contributed by atoms with Crippen LogP contribution in [0.4, 0.5) is 0 Å². The molecule has 105 heavy (non-hydrogen) atoms. The number of aliphatic hydroxyl groups excluding tert-OH is 1. The molecular formula is C86H168O17P2. The van der Waals surface area contributed by atoms with Crippen molar-refractivity contribution in [3.8, 4) is 0 Å². The Morgan fingerprint density at radius 1 is 0.257 bits per heavy atom. The standard InChI is InChI=1S/C86H168O17P2/c1-7-9-11-13-15-17-19-21-23-25-26-27-28-29-31-33-37-41-45-51-58-64-70-85(90)102-81(74-96-83(88)68-62-56-50-44-40-36-32-30-24-22-20-18-16-14-12-10-8-2)76-100-104(92,93)98-72-80(87)73-99-105(94,95)101-77-82(75-97-84(89)69-63-57-53-47-49-55-61-67-79(5)6)103-86(91)71-65-59-52-46-42-38-34-35-39-43-48-54-60-66-78(3)4/h78-82,87H,7-77H2,1-6H3,(H,92,93)(H,94,95)/t80-,81-,82-/m1/s1. The Labute approximate surface area is 645 Å². The highest BCUT2D eigenvalue weighted by molar-refractivity contribution is 7.47. The Morgan fingerprint density at radius 3 is 0.648 bits per heavy atom. The van der Waals surface area contributed by atoms with Gasteiger partial charge in [0, 0.05) is 25.7 Å². The summed E-state index contributed by atoms with van der Waals surface area (Å²) in [5.74, 6) is -0.613. The van der Waals surface area contributed by atoms with Crippen LogP contribution in [0.25, 0.3) is 0 Å². The van der Waals surface area contributed by atoms with E-state index < -0.39 is 97.5 Å². The molecule has 0 radical (unpaired) electrons. The molecule has 0 spiro atoms. The summed E-state index contributed by atoms with van der Waals surface area (Å²) in [6, 6.07) is 0. The quantitative estimate of drug-likeness (QED) is 0.0222. The highest BCUT2D eigenvalue weighted by Crippen LogP contribution is 2.45. The van der Waals surface area contributed by atoms with E-state index in [1.54, 1.807) is 0 Å². The maximum atomic E-state index is 13.1. The molecule has 0 saturated heterocycles. The summed E-state index contributed by atoms with van der Waals surface area (Å²) < 4.78 is 68.9. The Kier molecular flexibility index (Phi) is 76.0. The number of ether oxygens (including phenoxy) is 4. The number of carbonyl (C=O) groups excluding carboxylic acids is 4. The largest absolute Gasteiger partial charge is 0.472 e. The van der Waals surface area contributed by atoms with E-state index in [2.05, 4.69) is 41.5 Å². The topological polar surface area (TPSA) is 237 Å². The smallest absolute Gasteiger partial charge is 0.462 e. The summed E-state index contributed by atoms with van der Waals surface area (Å²) in [6.07, 6.45) is 69.6. The third kappa shape index (κ3) is 79.9. The lowest BCUT2D eigenvalue weighted by molar-refractivity contribution is -0.161. The van der Waals surface area contributed by atoms with Crippen LogP contribution in [0, 0.1) is 11.8 Å². The van der Waals surface area contributed by atoms with Crippen molar-refractivity contribution < 1.29 is 80.2 Å². The number of aliphatic hydroxyl groups is 1. The van der Waals surface area contributed by atoms with E-state index in [0.717, 1.165) is 102 Å². The number of esters is 4. The number of carbonyl (C=O) groups is 4. The Hall–Kier alpha value is -1.94. The maximum Gasteiger partial charge on any atom is 0.472 e. The van der Waals surface area contributed by atoms with Gasteiger partial charge in [0.1, 0.15) is 19.3 Å². The monoisotopic (exact) mass is 1540 g/mol. The van der Waals surface area contributed by atoms with Crippen LogP contribution in [0.5, 0.6) is 0 Å². The molecule has 0 aromatic carbocycles. The maximum absolute atomic E-state index is 13.1. The lowest BCUT2D eigenvalue weighted by Gasteiger charge is -2.21. The van der Waals surface area contributed by atoms with Gasteiger partial charge in [-0.3, -0.25) is 37.3 Å². The molecular weight excluding hydrogens is 1370 g/mol. The van der Waals surface area contributed by atoms with Crippen LogP contribution >= 0.6 is 15.6 Å². The van der Waals surface area contributed by atoms with Crippen LogP contribution in [-0.4, -0.2) is 96.7 Å². The second kappa shape index (κ2) is 77.4. The molecule has 0 rings (SSSR count). The molecule has 0 heterocycles. The summed E-state index contributed by atoms with van der Waals surface area (Å²) in [7, 11) is -9.93. The number of unbranched alkanes of at least 4 members (excludes halogenated alkanes) is 55. The normalized spacial score (nSPS) is 13.8. The summed E-state index contributed by atoms with van der Waals surface area (Å²) >= 11 is 0. The summed E-state index contributed by atoms with van der Waals surface area (Å²) in [4.78, 5) is 73.2. The van der Waals surface area contributed by atoms with Crippen LogP contribution in [0.3, 0.4) is 0 Å². The van der Waals surface area contributed by atoms with Gasteiger partial charge < -0.3 is 33.8 Å². The molecule has 5 atom stereocenters. The van der Waals surface area contributed by atoms with Crippen molar-refractivity contribution in [2.24, 2.45) is 11.8 Å². The molecule has 0 saturated carbocycles. The molecule has 0 aromatic rings. The molecule has 0 aliphatic rings.